The van der Waals surface area contributed by atoms with Crippen LogP contribution in [0.5, 0.6) is 0 Å². The zero-order valence-corrected chi connectivity index (χ0v) is 13.6. The molecule has 0 amide bonds. The average Bonchev–Trinajstić information content (AvgIpc) is 2.36. The monoisotopic (exact) mass is 313 g/mol. The quantitative estimate of drug-likeness (QED) is 0.845. The molecule has 21 heavy (non-hydrogen) atoms. The van der Waals surface area contributed by atoms with Gasteiger partial charge < -0.3 is 5.11 Å². The second-order valence-corrected chi connectivity index (χ2v) is 8.40. The Bertz CT molecular complexity index is 575. The van der Waals surface area contributed by atoms with Gasteiger partial charge in [0.25, 0.3) is 0 Å². The molecule has 0 heterocycles. The van der Waals surface area contributed by atoms with Gasteiger partial charge in [-0.2, -0.15) is 0 Å². The SMILES string of the molecule is CC(C(=O)O)S(=O)(=O)NC(CC(C)(C)C)c1ccccc1. The van der Waals surface area contributed by atoms with Crippen molar-refractivity contribution >= 4 is 16.0 Å². The molecule has 2 atom stereocenters. The van der Waals surface area contributed by atoms with E-state index in [0.29, 0.717) is 6.42 Å². The molecule has 0 aliphatic carbocycles. The number of benzene rings is 1. The van der Waals surface area contributed by atoms with Crippen LogP contribution in [-0.4, -0.2) is 24.7 Å². The Morgan fingerprint density at radius 3 is 2.19 bits per heavy atom. The Kier molecular flexibility index (Phi) is 5.53. The van der Waals surface area contributed by atoms with E-state index in [1.165, 1.54) is 6.92 Å². The molecule has 0 spiro atoms. The fraction of sp³-hybridized carbons (Fsp3) is 0.533. The number of hydrogen-bond acceptors (Lipinski definition) is 3. The van der Waals surface area contributed by atoms with Crippen LogP contribution in [0.2, 0.25) is 0 Å². The first-order chi connectivity index (χ1) is 9.53. The van der Waals surface area contributed by atoms with Crippen LogP contribution < -0.4 is 4.72 Å². The van der Waals surface area contributed by atoms with Gasteiger partial charge in [-0.25, -0.2) is 13.1 Å². The summed E-state index contributed by atoms with van der Waals surface area (Å²) in [4.78, 5) is 10.9. The second-order valence-electron chi connectivity index (χ2n) is 6.37. The first-order valence-electron chi connectivity index (χ1n) is 6.82. The molecule has 0 fully saturated rings. The number of sulfonamides is 1. The highest BCUT2D eigenvalue weighted by Gasteiger charge is 2.32. The van der Waals surface area contributed by atoms with Crippen molar-refractivity contribution in [2.45, 2.75) is 45.4 Å². The molecule has 0 aliphatic rings. The van der Waals surface area contributed by atoms with E-state index in [9.17, 15) is 13.2 Å². The molecular weight excluding hydrogens is 290 g/mol. The molecule has 0 saturated heterocycles. The number of nitrogens with one attached hydrogen (secondary N) is 1. The second kappa shape index (κ2) is 6.58. The summed E-state index contributed by atoms with van der Waals surface area (Å²) in [5, 5.41) is 7.43. The van der Waals surface area contributed by atoms with Gasteiger partial charge in [-0.15, -0.1) is 0 Å². The maximum absolute atomic E-state index is 12.1. The fourth-order valence-corrected chi connectivity index (χ4v) is 3.04. The Balaban J connectivity index is 3.07. The highest BCUT2D eigenvalue weighted by atomic mass is 32.2. The Morgan fingerprint density at radius 1 is 1.24 bits per heavy atom. The first kappa shape index (κ1) is 17.7. The third kappa shape index (κ3) is 5.47. The minimum Gasteiger partial charge on any atom is -0.480 e. The van der Waals surface area contributed by atoms with Crippen molar-refractivity contribution in [3.63, 3.8) is 0 Å². The molecule has 118 valence electrons. The topological polar surface area (TPSA) is 83.5 Å². The lowest BCUT2D eigenvalue weighted by molar-refractivity contribution is -0.136. The molecule has 1 aromatic carbocycles. The summed E-state index contributed by atoms with van der Waals surface area (Å²) in [6, 6.07) is 8.75. The maximum Gasteiger partial charge on any atom is 0.323 e. The highest BCUT2D eigenvalue weighted by Crippen LogP contribution is 2.30. The van der Waals surface area contributed by atoms with Crippen molar-refractivity contribution in [2.75, 3.05) is 0 Å². The number of rotatable bonds is 6. The standard InChI is InChI=1S/C15H23NO4S/c1-11(14(17)18)21(19,20)16-13(10-15(2,3)4)12-8-6-5-7-9-12/h5-9,11,13,16H,10H2,1-4H3,(H,17,18). The van der Waals surface area contributed by atoms with E-state index < -0.39 is 27.3 Å². The number of hydrogen-bond donors (Lipinski definition) is 2. The van der Waals surface area contributed by atoms with Crippen LogP contribution in [-0.2, 0) is 14.8 Å². The number of carboxylic acid groups (broad SMARTS) is 1. The van der Waals surface area contributed by atoms with Crippen molar-refractivity contribution in [3.8, 4) is 0 Å². The summed E-state index contributed by atoms with van der Waals surface area (Å²) < 4.78 is 26.8. The van der Waals surface area contributed by atoms with Gasteiger partial charge in [0, 0.05) is 6.04 Å². The van der Waals surface area contributed by atoms with Gasteiger partial charge in [0.05, 0.1) is 0 Å². The summed E-state index contributed by atoms with van der Waals surface area (Å²) in [6.45, 7) is 7.21. The van der Waals surface area contributed by atoms with Crippen molar-refractivity contribution in [3.05, 3.63) is 35.9 Å². The van der Waals surface area contributed by atoms with Crippen LogP contribution in [0.25, 0.3) is 0 Å². The molecule has 6 heteroatoms. The fourth-order valence-electron chi connectivity index (χ4n) is 1.96. The van der Waals surface area contributed by atoms with Crippen molar-refractivity contribution in [1.29, 1.82) is 0 Å². The van der Waals surface area contributed by atoms with E-state index in [1.807, 2.05) is 51.1 Å². The Morgan fingerprint density at radius 2 is 1.76 bits per heavy atom. The third-order valence-corrected chi connectivity index (χ3v) is 4.88. The van der Waals surface area contributed by atoms with E-state index in [4.69, 9.17) is 5.11 Å². The predicted octanol–water partition coefficient (Wildman–Crippen LogP) is 2.56. The zero-order chi connectivity index (χ0) is 16.3. The van der Waals surface area contributed by atoms with E-state index in [0.717, 1.165) is 5.56 Å². The maximum atomic E-state index is 12.1. The van der Waals surface area contributed by atoms with E-state index in [-0.39, 0.29) is 5.41 Å². The van der Waals surface area contributed by atoms with Crippen LogP contribution >= 0.6 is 0 Å². The number of carboxylic acids is 1. The van der Waals surface area contributed by atoms with E-state index >= 15 is 0 Å². The lowest BCUT2D eigenvalue weighted by atomic mass is 9.86. The van der Waals surface area contributed by atoms with Gasteiger partial charge in [-0.3, -0.25) is 4.79 Å². The zero-order valence-electron chi connectivity index (χ0n) is 12.8. The Hall–Kier alpha value is -1.40. The van der Waals surface area contributed by atoms with Crippen LogP contribution in [0.3, 0.4) is 0 Å². The molecule has 0 bridgehead atoms. The summed E-state index contributed by atoms with van der Waals surface area (Å²) in [7, 11) is -3.93. The van der Waals surface area contributed by atoms with Crippen LogP contribution in [0.15, 0.2) is 30.3 Å². The molecule has 0 radical (unpaired) electrons. The minimum atomic E-state index is -3.93. The third-order valence-electron chi connectivity index (χ3n) is 3.14. The molecule has 0 aliphatic heterocycles. The van der Waals surface area contributed by atoms with Gasteiger partial charge in [0.15, 0.2) is 5.25 Å². The van der Waals surface area contributed by atoms with Crippen molar-refractivity contribution in [1.82, 2.24) is 4.72 Å². The molecule has 1 aromatic rings. The largest absolute Gasteiger partial charge is 0.480 e. The summed E-state index contributed by atoms with van der Waals surface area (Å²) in [5.74, 6) is -1.36. The molecule has 1 rings (SSSR count). The van der Waals surface area contributed by atoms with E-state index in [2.05, 4.69) is 4.72 Å². The minimum absolute atomic E-state index is 0.102. The van der Waals surface area contributed by atoms with Crippen molar-refractivity contribution in [2.24, 2.45) is 5.41 Å². The van der Waals surface area contributed by atoms with Crippen LogP contribution in [0.1, 0.15) is 45.7 Å². The van der Waals surface area contributed by atoms with Crippen molar-refractivity contribution < 1.29 is 18.3 Å². The first-order valence-corrected chi connectivity index (χ1v) is 8.36. The van der Waals surface area contributed by atoms with Gasteiger partial charge in [-0.1, -0.05) is 51.1 Å². The average molecular weight is 313 g/mol. The predicted molar refractivity (Wildman–Crippen MR) is 82.4 cm³/mol. The molecular formula is C15H23NO4S. The van der Waals surface area contributed by atoms with Gasteiger partial charge in [-0.05, 0) is 24.3 Å². The number of aliphatic carboxylic acids is 1. The molecule has 0 saturated carbocycles. The van der Waals surface area contributed by atoms with E-state index in [1.54, 1.807) is 0 Å². The smallest absolute Gasteiger partial charge is 0.323 e. The lowest BCUT2D eigenvalue weighted by Gasteiger charge is -2.27. The summed E-state index contributed by atoms with van der Waals surface area (Å²) in [6.07, 6.45) is 0.572. The normalized spacial score (nSPS) is 15.4. The summed E-state index contributed by atoms with van der Waals surface area (Å²) >= 11 is 0. The Labute approximate surface area is 126 Å². The van der Waals surface area contributed by atoms with Crippen LogP contribution in [0.4, 0.5) is 0 Å². The van der Waals surface area contributed by atoms with Gasteiger partial charge >= 0.3 is 5.97 Å². The van der Waals surface area contributed by atoms with Gasteiger partial charge in [0.2, 0.25) is 10.0 Å². The molecule has 2 unspecified atom stereocenters. The molecule has 2 N–H and O–H groups in total. The number of carbonyl (C=O) groups is 1. The van der Waals surface area contributed by atoms with Gasteiger partial charge in [0.1, 0.15) is 0 Å². The molecule has 0 aromatic heterocycles. The van der Waals surface area contributed by atoms with Crippen LogP contribution in [0, 0.1) is 5.41 Å². The lowest BCUT2D eigenvalue weighted by Crippen LogP contribution is -2.40. The molecule has 5 nitrogen and oxygen atoms in total. The summed E-state index contributed by atoms with van der Waals surface area (Å²) in [5.41, 5.74) is 0.726. The highest BCUT2D eigenvalue weighted by molar-refractivity contribution is 7.90.